The summed E-state index contributed by atoms with van der Waals surface area (Å²) in [5.74, 6) is 1.34. The molecular weight excluding hydrogens is 1340 g/mol. The topological polar surface area (TPSA) is 163 Å². The second-order valence-corrected chi connectivity index (χ2v) is 30.3. The van der Waals surface area contributed by atoms with Gasteiger partial charge in [-0.05, 0) is 122 Å². The van der Waals surface area contributed by atoms with Gasteiger partial charge in [-0.3, -0.25) is 28.8 Å². The van der Waals surface area contributed by atoms with Crippen molar-refractivity contribution in [2.75, 3.05) is 52.4 Å². The van der Waals surface area contributed by atoms with E-state index in [9.17, 15) is 19.2 Å². The number of likely N-dealkylation sites (tertiary alicyclic amines) is 2. The van der Waals surface area contributed by atoms with E-state index < -0.39 is 21.6 Å². The number of aromatic nitrogens is 2. The van der Waals surface area contributed by atoms with Crippen LogP contribution < -0.4 is 4.74 Å². The number of fused-ring (bicyclic) bond motifs is 2. The third-order valence-corrected chi connectivity index (χ3v) is 23.0. The van der Waals surface area contributed by atoms with Gasteiger partial charge < -0.3 is 44.1 Å². The maximum Gasteiger partial charge on any atom is 0.242 e. The first-order chi connectivity index (χ1) is 49.0. The fraction of sp³-hybridized carbons (Fsp3) is 0.293. The zero-order valence-electron chi connectivity index (χ0n) is 57.2. The van der Waals surface area contributed by atoms with E-state index in [2.05, 4.69) is 46.4 Å². The van der Waals surface area contributed by atoms with Gasteiger partial charge in [-0.15, -0.1) is 23.5 Å². The third-order valence-electron chi connectivity index (χ3n) is 19.7. The molecule has 4 fully saturated rings. The molecule has 4 unspecified atom stereocenters. The van der Waals surface area contributed by atoms with Gasteiger partial charge in [-0.2, -0.15) is 0 Å². The third kappa shape index (κ3) is 15.2. The highest BCUT2D eigenvalue weighted by Gasteiger charge is 2.61. The van der Waals surface area contributed by atoms with Gasteiger partial charge in [0.15, 0.2) is 0 Å². The lowest BCUT2D eigenvalue weighted by Gasteiger charge is -2.42. The van der Waals surface area contributed by atoms with Crippen LogP contribution in [0.3, 0.4) is 0 Å². The number of rotatable bonds is 19. The smallest absolute Gasteiger partial charge is 0.242 e. The molecule has 19 heteroatoms. The van der Waals surface area contributed by atoms with Crippen LogP contribution >= 0.6 is 46.7 Å². The Kier molecular flexibility index (Phi) is 21.5. The van der Waals surface area contributed by atoms with Crippen molar-refractivity contribution in [1.82, 2.24) is 39.4 Å². The van der Waals surface area contributed by atoms with E-state index in [1.54, 1.807) is 0 Å². The number of carbonyl (C=O) groups is 6. The minimum Gasteiger partial charge on any atom is -0.457 e. The molecule has 4 saturated heterocycles. The lowest BCUT2D eigenvalue weighted by Crippen LogP contribution is -2.57. The van der Waals surface area contributed by atoms with Gasteiger partial charge in [0.1, 0.15) is 21.0 Å². The standard InChI is InChI=1S/C41H41ClN4O4S.C41H41ClN4O3S/c1-3-7-37(47)44-20-22-45(23-21-44)40(49)41(51-33-17-10-28(2)11-18-33)25-38(48)46(39(41)35-26-43-36-24-30(42)14-19-34(35)36)27-29-12-15-32(16-13-29)50-31-8-5-4-6-9-31;1-3-7-37(47)44-20-22-45(23-21-44)40(49)41(50-33-17-10-28(2)11-18-33)25-38(48)46(39(41)35-26-43-36-24-32(42)16-19-34(35)36)27-29-12-14-31(15-13-29)30-8-5-4-6-9-30/h4-6,8-19,24,26,39,43H,3,7,20-23,25,27H2,1-2H3;4-6,8-19,24,26,39,43H,3,7,20-23,25,27H2,1-2H3. The maximum absolute atomic E-state index is 15.2. The van der Waals surface area contributed by atoms with Crippen molar-refractivity contribution in [3.05, 3.63) is 250 Å². The summed E-state index contributed by atoms with van der Waals surface area (Å²) in [4.78, 5) is 105. The Balaban J connectivity index is 0.000000181. The summed E-state index contributed by atoms with van der Waals surface area (Å²) in [6.45, 7) is 12.3. The molecular formula is C82H82Cl2N8O7S2. The number of carbonyl (C=O) groups excluding carboxylic acids is 6. The van der Waals surface area contributed by atoms with E-state index in [-0.39, 0.29) is 48.3 Å². The van der Waals surface area contributed by atoms with Crippen LogP contribution in [0.1, 0.15) is 97.8 Å². The molecule has 0 bridgehead atoms. The minimum atomic E-state index is -1.19. The number of hydrogen-bond acceptors (Lipinski definition) is 9. The molecule has 0 spiro atoms. The number of aryl methyl sites for hydroxylation is 2. The Morgan fingerprint density at radius 2 is 0.842 bits per heavy atom. The number of benzene rings is 8. The minimum absolute atomic E-state index is 0.0273. The highest BCUT2D eigenvalue weighted by atomic mass is 35.5. The molecule has 101 heavy (non-hydrogen) atoms. The Hall–Kier alpha value is -9.26. The lowest BCUT2D eigenvalue weighted by atomic mass is 9.90. The summed E-state index contributed by atoms with van der Waals surface area (Å²) in [7, 11) is 0. The van der Waals surface area contributed by atoms with E-state index in [4.69, 9.17) is 27.9 Å². The zero-order chi connectivity index (χ0) is 70.4. The molecule has 4 aliphatic heterocycles. The molecule has 0 aliphatic carbocycles. The van der Waals surface area contributed by atoms with E-state index in [1.165, 1.54) is 23.5 Å². The molecule has 4 aliphatic rings. The number of piperazine rings is 2. The molecule has 8 aromatic carbocycles. The molecule has 15 nitrogen and oxygen atoms in total. The summed E-state index contributed by atoms with van der Waals surface area (Å²) in [6.07, 6.45) is 6.51. The van der Waals surface area contributed by atoms with Crippen molar-refractivity contribution >= 4 is 104 Å². The summed E-state index contributed by atoms with van der Waals surface area (Å²) in [5.41, 5.74) is 9.80. The molecule has 6 heterocycles. The van der Waals surface area contributed by atoms with Gasteiger partial charge >= 0.3 is 0 Å². The molecule has 0 saturated carbocycles. The van der Waals surface area contributed by atoms with E-state index in [1.807, 2.05) is 227 Å². The number of amides is 6. The second kappa shape index (κ2) is 30.9. The summed E-state index contributed by atoms with van der Waals surface area (Å²) >= 11 is 15.8. The molecule has 4 atom stereocenters. The van der Waals surface area contributed by atoms with Gasteiger partial charge in [0, 0.05) is 143 Å². The second-order valence-electron chi connectivity index (χ2n) is 26.6. The van der Waals surface area contributed by atoms with E-state index in [0.29, 0.717) is 94.1 Å². The van der Waals surface area contributed by atoms with Crippen LogP contribution in [0, 0.1) is 13.8 Å². The summed E-state index contributed by atoms with van der Waals surface area (Å²) in [5, 5.41) is 3.04. The predicted octanol–water partition coefficient (Wildman–Crippen LogP) is 16.7. The van der Waals surface area contributed by atoms with Crippen molar-refractivity contribution < 1.29 is 33.5 Å². The van der Waals surface area contributed by atoms with Gasteiger partial charge in [0.25, 0.3) is 0 Å². The van der Waals surface area contributed by atoms with Gasteiger partial charge in [-0.1, -0.05) is 170 Å². The fourth-order valence-corrected chi connectivity index (χ4v) is 17.8. The fourth-order valence-electron chi connectivity index (χ4n) is 14.5. The Morgan fingerprint density at radius 1 is 0.465 bits per heavy atom. The number of aromatic amines is 2. The van der Waals surface area contributed by atoms with E-state index >= 15 is 9.59 Å². The number of halogens is 2. The highest BCUT2D eigenvalue weighted by molar-refractivity contribution is 8.01. The largest absolute Gasteiger partial charge is 0.457 e. The van der Waals surface area contributed by atoms with Crippen LogP contribution in [0.5, 0.6) is 11.5 Å². The van der Waals surface area contributed by atoms with Crippen LogP contribution in [0.25, 0.3) is 32.9 Å². The highest BCUT2D eigenvalue weighted by Crippen LogP contribution is 2.57. The number of thioether (sulfide) groups is 2. The number of para-hydroxylation sites is 1. The number of nitrogens with zero attached hydrogens (tertiary/aromatic N) is 6. The monoisotopic (exact) mass is 1420 g/mol. The average Bonchev–Trinajstić information content (AvgIpc) is 1.59. The summed E-state index contributed by atoms with van der Waals surface area (Å²) in [6, 6.07) is 62.4. The van der Waals surface area contributed by atoms with Crippen LogP contribution in [0.15, 0.2) is 216 Å². The first kappa shape index (κ1) is 70.2. The van der Waals surface area contributed by atoms with Crippen LogP contribution in [-0.2, 0) is 41.9 Å². The molecule has 2 aromatic heterocycles. The molecule has 2 N–H and O–H groups in total. The molecule has 14 rings (SSSR count). The molecule has 0 radical (unpaired) electrons. The molecule has 518 valence electrons. The molecule has 6 amide bonds. The number of ether oxygens (including phenoxy) is 1. The Morgan fingerprint density at radius 3 is 1.26 bits per heavy atom. The Bertz CT molecular complexity index is 4620. The quantitative estimate of drug-likeness (QED) is 0.0802. The summed E-state index contributed by atoms with van der Waals surface area (Å²) < 4.78 is 3.68. The SMILES string of the molecule is CCCC(=O)N1CCN(C(=O)C2(Sc3ccc(C)cc3)CC(=O)N(Cc3ccc(-c4ccccc4)cc3)C2c2c[nH]c3cc(Cl)ccc23)CC1.CCCC(=O)N1CCN(C(=O)C2(Sc3ccc(C)cc3)CC(=O)N(Cc3ccc(Oc4ccccc4)cc3)C2c2c[nH]c3cc(Cl)ccc23)CC1. The van der Waals surface area contributed by atoms with Crippen LogP contribution in [0.4, 0.5) is 0 Å². The molecule has 10 aromatic rings. The van der Waals surface area contributed by atoms with Gasteiger partial charge in [0.05, 0.1) is 24.9 Å². The van der Waals surface area contributed by atoms with E-state index in [0.717, 1.165) is 94.7 Å². The van der Waals surface area contributed by atoms with Crippen molar-refractivity contribution in [2.45, 2.75) is 111 Å². The van der Waals surface area contributed by atoms with Gasteiger partial charge in [-0.25, -0.2) is 0 Å². The normalized spacial score (nSPS) is 19.3. The average molecular weight is 1430 g/mol. The van der Waals surface area contributed by atoms with Crippen LogP contribution in [-0.4, -0.2) is 137 Å². The maximum atomic E-state index is 15.2. The van der Waals surface area contributed by atoms with Crippen molar-refractivity contribution in [3.63, 3.8) is 0 Å². The first-order valence-electron chi connectivity index (χ1n) is 34.7. The zero-order valence-corrected chi connectivity index (χ0v) is 60.4. The number of H-pyrrole nitrogens is 2. The van der Waals surface area contributed by atoms with Crippen molar-refractivity contribution in [1.29, 1.82) is 0 Å². The predicted molar refractivity (Wildman–Crippen MR) is 403 cm³/mol. The Labute approximate surface area is 608 Å². The first-order valence-corrected chi connectivity index (χ1v) is 37.1. The van der Waals surface area contributed by atoms with Crippen molar-refractivity contribution in [2.24, 2.45) is 0 Å². The van der Waals surface area contributed by atoms with Crippen LogP contribution in [0.2, 0.25) is 10.0 Å². The van der Waals surface area contributed by atoms with Crippen molar-refractivity contribution in [3.8, 4) is 22.6 Å². The van der Waals surface area contributed by atoms with Gasteiger partial charge in [0.2, 0.25) is 35.4 Å². The lowest BCUT2D eigenvalue weighted by molar-refractivity contribution is -0.141. The number of nitrogens with one attached hydrogen (secondary N) is 2. The number of hydrogen-bond donors (Lipinski definition) is 2.